The van der Waals surface area contributed by atoms with Gasteiger partial charge in [0.05, 0.1) is 6.42 Å². The molecule has 0 saturated heterocycles. The SMILES string of the molecule is O=C(O)CCC(=O)c1ccccc1I. The van der Waals surface area contributed by atoms with E-state index in [1.54, 1.807) is 12.1 Å². The van der Waals surface area contributed by atoms with Gasteiger partial charge in [0.15, 0.2) is 5.78 Å². The van der Waals surface area contributed by atoms with E-state index in [2.05, 4.69) is 22.6 Å². The third-order valence-electron chi connectivity index (χ3n) is 1.74. The van der Waals surface area contributed by atoms with E-state index >= 15 is 0 Å². The van der Waals surface area contributed by atoms with Crippen molar-refractivity contribution in [2.75, 3.05) is 0 Å². The molecule has 1 aromatic rings. The molecule has 0 radical (unpaired) electrons. The lowest BCUT2D eigenvalue weighted by Crippen LogP contribution is -2.05. The zero-order valence-corrected chi connectivity index (χ0v) is 9.52. The minimum absolute atomic E-state index is 0.0648. The molecule has 0 atom stereocenters. The highest BCUT2D eigenvalue weighted by molar-refractivity contribution is 14.1. The zero-order valence-electron chi connectivity index (χ0n) is 7.37. The molecule has 0 saturated carbocycles. The highest BCUT2D eigenvalue weighted by Crippen LogP contribution is 2.14. The number of carbonyl (C=O) groups is 2. The fourth-order valence-corrected chi connectivity index (χ4v) is 1.73. The molecule has 1 aromatic carbocycles. The van der Waals surface area contributed by atoms with Crippen LogP contribution in [0.5, 0.6) is 0 Å². The summed E-state index contributed by atoms with van der Waals surface area (Å²) >= 11 is 2.06. The van der Waals surface area contributed by atoms with Gasteiger partial charge in [0, 0.05) is 15.6 Å². The second kappa shape index (κ2) is 5.09. The Kier molecular flexibility index (Phi) is 4.06. The number of Topliss-reactive ketones (excluding diaryl/α,β-unsaturated/α-hetero) is 1. The quantitative estimate of drug-likeness (QED) is 0.686. The topological polar surface area (TPSA) is 54.4 Å². The summed E-state index contributed by atoms with van der Waals surface area (Å²) in [7, 11) is 0. The Morgan fingerprint density at radius 1 is 1.21 bits per heavy atom. The van der Waals surface area contributed by atoms with Gasteiger partial charge in [-0.05, 0) is 28.7 Å². The minimum atomic E-state index is -0.940. The van der Waals surface area contributed by atoms with Gasteiger partial charge in [-0.2, -0.15) is 0 Å². The lowest BCUT2D eigenvalue weighted by atomic mass is 10.1. The second-order valence-corrected chi connectivity index (χ2v) is 3.96. The van der Waals surface area contributed by atoms with Gasteiger partial charge in [0.2, 0.25) is 0 Å². The van der Waals surface area contributed by atoms with Crippen molar-refractivity contribution in [1.29, 1.82) is 0 Å². The van der Waals surface area contributed by atoms with E-state index in [0.717, 1.165) is 3.57 Å². The molecular weight excluding hydrogens is 295 g/mol. The van der Waals surface area contributed by atoms with E-state index < -0.39 is 5.97 Å². The van der Waals surface area contributed by atoms with Crippen LogP contribution in [0.2, 0.25) is 0 Å². The molecule has 74 valence electrons. The van der Waals surface area contributed by atoms with Gasteiger partial charge in [0.25, 0.3) is 0 Å². The van der Waals surface area contributed by atoms with Crippen LogP contribution in [0.4, 0.5) is 0 Å². The number of carbonyl (C=O) groups excluding carboxylic acids is 1. The minimum Gasteiger partial charge on any atom is -0.481 e. The summed E-state index contributed by atoms with van der Waals surface area (Å²) in [6, 6.07) is 7.16. The average molecular weight is 304 g/mol. The molecule has 0 spiro atoms. The van der Waals surface area contributed by atoms with Crippen LogP contribution in [-0.4, -0.2) is 16.9 Å². The molecule has 4 heteroatoms. The van der Waals surface area contributed by atoms with Crippen molar-refractivity contribution in [3.63, 3.8) is 0 Å². The van der Waals surface area contributed by atoms with Crippen LogP contribution < -0.4 is 0 Å². The average Bonchev–Trinajstić information content (AvgIpc) is 2.15. The predicted molar refractivity (Wildman–Crippen MR) is 60.4 cm³/mol. The number of carboxylic acids is 1. The molecule has 0 fully saturated rings. The van der Waals surface area contributed by atoms with Crippen LogP contribution in [-0.2, 0) is 4.79 Å². The third kappa shape index (κ3) is 3.10. The fourth-order valence-electron chi connectivity index (χ4n) is 1.04. The van der Waals surface area contributed by atoms with E-state index in [9.17, 15) is 9.59 Å². The summed E-state index contributed by atoms with van der Waals surface area (Å²) in [6.45, 7) is 0. The van der Waals surface area contributed by atoms with E-state index in [1.807, 2.05) is 12.1 Å². The van der Waals surface area contributed by atoms with Crippen LogP contribution in [0, 0.1) is 3.57 Å². The summed E-state index contributed by atoms with van der Waals surface area (Å²) in [5.41, 5.74) is 0.606. The fraction of sp³-hybridized carbons (Fsp3) is 0.200. The molecule has 1 N–H and O–H groups in total. The number of carboxylic acid groups (broad SMARTS) is 1. The van der Waals surface area contributed by atoms with Crippen LogP contribution >= 0.6 is 22.6 Å². The molecule has 0 aliphatic heterocycles. The molecule has 0 heterocycles. The van der Waals surface area contributed by atoms with Crippen LogP contribution in [0.1, 0.15) is 23.2 Å². The second-order valence-electron chi connectivity index (χ2n) is 2.80. The molecule has 3 nitrogen and oxygen atoms in total. The highest BCUT2D eigenvalue weighted by atomic mass is 127. The summed E-state index contributed by atoms with van der Waals surface area (Å²) in [4.78, 5) is 21.8. The maximum Gasteiger partial charge on any atom is 0.303 e. The van der Waals surface area contributed by atoms with Crippen molar-refractivity contribution >= 4 is 34.3 Å². The van der Waals surface area contributed by atoms with Gasteiger partial charge < -0.3 is 5.11 Å². The smallest absolute Gasteiger partial charge is 0.303 e. The number of ketones is 1. The normalized spacial score (nSPS) is 9.79. The maximum atomic E-state index is 11.5. The first-order chi connectivity index (χ1) is 6.61. The molecule has 0 aliphatic carbocycles. The number of hydrogen-bond acceptors (Lipinski definition) is 2. The van der Waals surface area contributed by atoms with E-state index in [4.69, 9.17) is 5.11 Å². The van der Waals surface area contributed by atoms with Crippen molar-refractivity contribution in [2.45, 2.75) is 12.8 Å². The number of rotatable bonds is 4. The Balaban J connectivity index is 2.70. The van der Waals surface area contributed by atoms with Crippen molar-refractivity contribution < 1.29 is 14.7 Å². The Bertz CT molecular complexity index is 360. The van der Waals surface area contributed by atoms with Crippen LogP contribution in [0.15, 0.2) is 24.3 Å². The molecule has 1 rings (SSSR count). The van der Waals surface area contributed by atoms with Gasteiger partial charge in [-0.1, -0.05) is 18.2 Å². The summed E-state index contributed by atoms with van der Waals surface area (Å²) in [5, 5.41) is 8.42. The Labute approximate surface area is 95.3 Å². The van der Waals surface area contributed by atoms with E-state index in [1.165, 1.54) is 0 Å². The molecule has 0 amide bonds. The van der Waals surface area contributed by atoms with Gasteiger partial charge in [-0.15, -0.1) is 0 Å². The largest absolute Gasteiger partial charge is 0.481 e. The predicted octanol–water partition coefficient (Wildman–Crippen LogP) is 2.34. The molecule has 0 aliphatic rings. The molecule has 0 bridgehead atoms. The van der Waals surface area contributed by atoms with Gasteiger partial charge in [-0.3, -0.25) is 9.59 Å². The van der Waals surface area contributed by atoms with Gasteiger partial charge >= 0.3 is 5.97 Å². The third-order valence-corrected chi connectivity index (χ3v) is 2.68. The van der Waals surface area contributed by atoms with E-state index in [-0.39, 0.29) is 18.6 Å². The Hall–Kier alpha value is -0.910. The summed E-state index contributed by atoms with van der Waals surface area (Å²) < 4.78 is 0.862. The standard InChI is InChI=1S/C10H9IO3/c11-8-4-2-1-3-7(8)9(12)5-6-10(13)14/h1-4H,5-6H2,(H,13,14). The molecular formula is C10H9IO3. The number of hydrogen-bond donors (Lipinski definition) is 1. The summed E-state index contributed by atoms with van der Waals surface area (Å²) in [6.07, 6.45) is -0.0425. The van der Waals surface area contributed by atoms with Crippen molar-refractivity contribution in [1.82, 2.24) is 0 Å². The lowest BCUT2D eigenvalue weighted by Gasteiger charge is -2.01. The van der Waals surface area contributed by atoms with Crippen LogP contribution in [0.3, 0.4) is 0 Å². The maximum absolute atomic E-state index is 11.5. The van der Waals surface area contributed by atoms with Gasteiger partial charge in [0.1, 0.15) is 0 Å². The summed E-state index contributed by atoms with van der Waals surface area (Å²) in [5.74, 6) is -1.05. The monoisotopic (exact) mass is 304 g/mol. The molecule has 0 aromatic heterocycles. The molecule has 14 heavy (non-hydrogen) atoms. The number of benzene rings is 1. The number of halogens is 1. The Morgan fingerprint density at radius 2 is 1.86 bits per heavy atom. The first-order valence-corrected chi connectivity index (χ1v) is 5.18. The van der Waals surface area contributed by atoms with Crippen molar-refractivity contribution in [3.8, 4) is 0 Å². The van der Waals surface area contributed by atoms with E-state index in [0.29, 0.717) is 5.56 Å². The zero-order chi connectivity index (χ0) is 10.6. The van der Waals surface area contributed by atoms with Crippen LogP contribution in [0.25, 0.3) is 0 Å². The van der Waals surface area contributed by atoms with Crippen molar-refractivity contribution in [2.24, 2.45) is 0 Å². The Morgan fingerprint density at radius 3 is 2.43 bits per heavy atom. The first kappa shape index (κ1) is 11.2. The lowest BCUT2D eigenvalue weighted by molar-refractivity contribution is -0.136. The molecule has 0 unspecified atom stereocenters. The highest BCUT2D eigenvalue weighted by Gasteiger charge is 2.10. The number of aliphatic carboxylic acids is 1. The first-order valence-electron chi connectivity index (χ1n) is 4.11. The van der Waals surface area contributed by atoms with Gasteiger partial charge in [-0.25, -0.2) is 0 Å². The van der Waals surface area contributed by atoms with Crippen molar-refractivity contribution in [3.05, 3.63) is 33.4 Å².